The van der Waals surface area contributed by atoms with Gasteiger partial charge in [0.25, 0.3) is 17.1 Å². The van der Waals surface area contributed by atoms with E-state index >= 15 is 0 Å². The van der Waals surface area contributed by atoms with Gasteiger partial charge in [-0.3, -0.25) is 19.3 Å². The SMILES string of the molecule is CCOc1cc(/C=C2\SC(=O)N(CCOc3cc(C)ccc3C(C)C)C2=O)ccc1OCC(N)=O. The number of rotatable bonds is 11. The third kappa shape index (κ3) is 6.79. The minimum Gasteiger partial charge on any atom is -0.491 e. The van der Waals surface area contributed by atoms with Crippen molar-refractivity contribution in [2.75, 3.05) is 26.4 Å². The maximum Gasteiger partial charge on any atom is 0.293 e. The van der Waals surface area contributed by atoms with Gasteiger partial charge < -0.3 is 19.9 Å². The van der Waals surface area contributed by atoms with Crippen molar-refractivity contribution in [3.63, 3.8) is 0 Å². The molecule has 35 heavy (non-hydrogen) atoms. The molecule has 186 valence electrons. The third-order valence-corrected chi connectivity index (χ3v) is 6.08. The molecule has 2 N–H and O–H groups in total. The van der Waals surface area contributed by atoms with Crippen LogP contribution >= 0.6 is 11.8 Å². The molecule has 1 fully saturated rings. The third-order valence-electron chi connectivity index (χ3n) is 5.17. The van der Waals surface area contributed by atoms with E-state index in [0.717, 1.165) is 28.6 Å². The Labute approximate surface area is 209 Å². The summed E-state index contributed by atoms with van der Waals surface area (Å²) in [6.07, 6.45) is 1.63. The minimum atomic E-state index is -0.600. The molecule has 0 spiro atoms. The quantitative estimate of drug-likeness (QED) is 0.455. The number of amides is 3. The predicted octanol–water partition coefficient (Wildman–Crippen LogP) is 4.50. The highest BCUT2D eigenvalue weighted by molar-refractivity contribution is 8.18. The van der Waals surface area contributed by atoms with Gasteiger partial charge in [0, 0.05) is 0 Å². The number of nitrogens with two attached hydrogens (primary N) is 1. The zero-order valence-electron chi connectivity index (χ0n) is 20.3. The highest BCUT2D eigenvalue weighted by Crippen LogP contribution is 2.35. The van der Waals surface area contributed by atoms with Crippen LogP contribution in [0, 0.1) is 6.92 Å². The summed E-state index contributed by atoms with van der Waals surface area (Å²) in [5, 5.41) is -0.343. The van der Waals surface area contributed by atoms with Gasteiger partial charge in [-0.2, -0.15) is 0 Å². The molecule has 3 amide bonds. The van der Waals surface area contributed by atoms with Crippen molar-refractivity contribution < 1.29 is 28.6 Å². The monoisotopic (exact) mass is 498 g/mol. The van der Waals surface area contributed by atoms with E-state index in [1.165, 1.54) is 4.90 Å². The summed E-state index contributed by atoms with van der Waals surface area (Å²) in [6.45, 7) is 8.45. The van der Waals surface area contributed by atoms with Crippen LogP contribution in [0.15, 0.2) is 41.3 Å². The van der Waals surface area contributed by atoms with E-state index in [0.29, 0.717) is 34.5 Å². The molecule has 1 saturated heterocycles. The highest BCUT2D eigenvalue weighted by atomic mass is 32.2. The smallest absolute Gasteiger partial charge is 0.293 e. The molecule has 2 aromatic carbocycles. The first kappa shape index (κ1) is 26.2. The van der Waals surface area contributed by atoms with Crippen molar-refractivity contribution in [2.24, 2.45) is 5.73 Å². The maximum absolute atomic E-state index is 12.9. The zero-order valence-corrected chi connectivity index (χ0v) is 21.1. The summed E-state index contributed by atoms with van der Waals surface area (Å²) in [5.41, 5.74) is 7.96. The van der Waals surface area contributed by atoms with E-state index < -0.39 is 5.91 Å². The average molecular weight is 499 g/mol. The van der Waals surface area contributed by atoms with Crippen LogP contribution in [0.3, 0.4) is 0 Å². The lowest BCUT2D eigenvalue weighted by molar-refractivity contribution is -0.123. The lowest BCUT2D eigenvalue weighted by Crippen LogP contribution is -2.32. The van der Waals surface area contributed by atoms with Crippen molar-refractivity contribution in [3.8, 4) is 17.2 Å². The van der Waals surface area contributed by atoms with Crippen LogP contribution < -0.4 is 19.9 Å². The van der Waals surface area contributed by atoms with Gasteiger partial charge in [0.1, 0.15) is 12.4 Å². The Bertz CT molecular complexity index is 1140. The number of thioether (sulfide) groups is 1. The molecule has 0 bridgehead atoms. The van der Waals surface area contributed by atoms with Crippen molar-refractivity contribution >= 4 is 34.9 Å². The molecule has 8 nitrogen and oxygen atoms in total. The number of primary amides is 1. The second-order valence-electron chi connectivity index (χ2n) is 8.27. The molecule has 3 rings (SSSR count). The van der Waals surface area contributed by atoms with Crippen molar-refractivity contribution in [2.45, 2.75) is 33.6 Å². The molecule has 0 radical (unpaired) electrons. The molecule has 1 aliphatic rings. The number of hydrogen-bond donors (Lipinski definition) is 1. The largest absolute Gasteiger partial charge is 0.491 e. The van der Waals surface area contributed by atoms with Crippen LogP contribution in [-0.4, -0.2) is 48.3 Å². The molecule has 0 aliphatic carbocycles. The minimum absolute atomic E-state index is 0.150. The molecule has 0 aromatic heterocycles. The Morgan fingerprint density at radius 1 is 1.06 bits per heavy atom. The van der Waals surface area contributed by atoms with Crippen LogP contribution in [0.4, 0.5) is 4.79 Å². The summed E-state index contributed by atoms with van der Waals surface area (Å²) < 4.78 is 16.9. The van der Waals surface area contributed by atoms with Gasteiger partial charge in [-0.1, -0.05) is 32.0 Å². The highest BCUT2D eigenvalue weighted by Gasteiger charge is 2.35. The Morgan fingerprint density at radius 2 is 1.83 bits per heavy atom. The second kappa shape index (κ2) is 11.8. The van der Waals surface area contributed by atoms with Gasteiger partial charge >= 0.3 is 0 Å². The van der Waals surface area contributed by atoms with E-state index in [1.54, 1.807) is 24.3 Å². The standard InChI is InChI=1S/C26H30N2O6S/c1-5-32-22-13-18(7-9-20(22)34-15-24(27)29)14-23-25(30)28(26(31)35-23)10-11-33-21-12-17(4)6-8-19(21)16(2)3/h6-9,12-14,16H,5,10-11,15H2,1-4H3,(H2,27,29)/b23-14-. The number of ether oxygens (including phenoxy) is 3. The molecule has 9 heteroatoms. The van der Waals surface area contributed by atoms with Crippen molar-refractivity contribution in [1.29, 1.82) is 0 Å². The number of benzene rings is 2. The van der Waals surface area contributed by atoms with E-state index in [1.807, 2.05) is 32.0 Å². The van der Waals surface area contributed by atoms with Gasteiger partial charge in [-0.25, -0.2) is 0 Å². The Kier molecular flexibility index (Phi) is 8.81. The van der Waals surface area contributed by atoms with E-state index in [-0.39, 0.29) is 30.9 Å². The van der Waals surface area contributed by atoms with Crippen LogP contribution in [0.25, 0.3) is 6.08 Å². The van der Waals surface area contributed by atoms with Crippen LogP contribution in [-0.2, 0) is 9.59 Å². The first-order valence-corrected chi connectivity index (χ1v) is 12.2. The molecule has 0 saturated carbocycles. The van der Waals surface area contributed by atoms with Crippen molar-refractivity contribution in [3.05, 3.63) is 58.0 Å². The van der Waals surface area contributed by atoms with E-state index in [4.69, 9.17) is 19.9 Å². The van der Waals surface area contributed by atoms with Gasteiger partial charge in [-0.15, -0.1) is 0 Å². The lowest BCUT2D eigenvalue weighted by Gasteiger charge is -2.17. The molecular weight excluding hydrogens is 468 g/mol. The molecule has 1 aliphatic heterocycles. The number of hydrogen-bond acceptors (Lipinski definition) is 7. The summed E-state index contributed by atoms with van der Waals surface area (Å²) in [5.74, 6) is 0.865. The topological polar surface area (TPSA) is 108 Å². The van der Waals surface area contributed by atoms with Crippen LogP contribution in [0.2, 0.25) is 0 Å². The van der Waals surface area contributed by atoms with Gasteiger partial charge in [0.15, 0.2) is 18.1 Å². The van der Waals surface area contributed by atoms with Crippen molar-refractivity contribution in [1.82, 2.24) is 4.90 Å². The van der Waals surface area contributed by atoms with Crippen LogP contribution in [0.5, 0.6) is 17.2 Å². The Balaban J connectivity index is 1.69. The number of carbonyl (C=O) groups is 3. The number of nitrogens with zero attached hydrogens (tertiary/aromatic N) is 1. The number of imide groups is 1. The first-order chi connectivity index (χ1) is 16.7. The Hall–Kier alpha value is -3.46. The molecular formula is C26H30N2O6S. The van der Waals surface area contributed by atoms with Gasteiger partial charge in [0.05, 0.1) is 18.1 Å². The number of carbonyl (C=O) groups excluding carboxylic acids is 3. The molecule has 0 atom stereocenters. The molecule has 1 heterocycles. The average Bonchev–Trinajstić information content (AvgIpc) is 3.06. The van der Waals surface area contributed by atoms with E-state index in [9.17, 15) is 14.4 Å². The fourth-order valence-corrected chi connectivity index (χ4v) is 4.35. The predicted molar refractivity (Wildman–Crippen MR) is 136 cm³/mol. The van der Waals surface area contributed by atoms with Crippen LogP contribution in [0.1, 0.15) is 43.4 Å². The number of aryl methyl sites for hydroxylation is 1. The zero-order chi connectivity index (χ0) is 25.5. The normalized spacial score (nSPS) is 14.7. The molecule has 2 aromatic rings. The molecule has 0 unspecified atom stereocenters. The summed E-state index contributed by atoms with van der Waals surface area (Å²) >= 11 is 0.881. The van der Waals surface area contributed by atoms with E-state index in [2.05, 4.69) is 13.8 Å². The maximum atomic E-state index is 12.9. The lowest BCUT2D eigenvalue weighted by atomic mass is 10.0. The van der Waals surface area contributed by atoms with Gasteiger partial charge in [-0.05, 0) is 72.5 Å². The summed E-state index contributed by atoms with van der Waals surface area (Å²) in [6, 6.07) is 11.1. The first-order valence-electron chi connectivity index (χ1n) is 11.4. The second-order valence-corrected chi connectivity index (χ2v) is 9.27. The fraction of sp³-hybridized carbons (Fsp3) is 0.346. The summed E-state index contributed by atoms with van der Waals surface area (Å²) in [7, 11) is 0. The summed E-state index contributed by atoms with van der Waals surface area (Å²) in [4.78, 5) is 37.9. The fourth-order valence-electron chi connectivity index (χ4n) is 3.49. The Morgan fingerprint density at radius 3 is 2.51 bits per heavy atom. The van der Waals surface area contributed by atoms with Gasteiger partial charge in [0.2, 0.25) is 0 Å².